The molecule has 0 spiro atoms. The number of hydrogen-bond donors (Lipinski definition) is 2. The summed E-state index contributed by atoms with van der Waals surface area (Å²) in [7, 11) is 2.21. The second-order valence-electron chi connectivity index (χ2n) is 5.17. The van der Waals surface area contributed by atoms with E-state index in [1.807, 2.05) is 0 Å². The first-order valence-electron chi connectivity index (χ1n) is 7.03. The lowest BCUT2D eigenvalue weighted by Gasteiger charge is -2.33. The number of rotatable bonds is 5. The highest BCUT2D eigenvalue weighted by Crippen LogP contribution is 2.11. The van der Waals surface area contributed by atoms with Crippen LogP contribution in [0.25, 0.3) is 0 Å². The molecule has 18 heavy (non-hydrogen) atoms. The van der Waals surface area contributed by atoms with Crippen LogP contribution in [-0.2, 0) is 6.42 Å². The molecule has 0 bridgehead atoms. The van der Waals surface area contributed by atoms with E-state index >= 15 is 0 Å². The predicted octanol–water partition coefficient (Wildman–Crippen LogP) is 1.95. The zero-order valence-electron chi connectivity index (χ0n) is 11.6. The number of benzene rings is 1. The highest BCUT2D eigenvalue weighted by Gasteiger charge is 2.17. The lowest BCUT2D eigenvalue weighted by molar-refractivity contribution is 0.209. The highest BCUT2D eigenvalue weighted by molar-refractivity contribution is 5.44. The van der Waals surface area contributed by atoms with Crippen molar-refractivity contribution in [2.24, 2.45) is 0 Å². The SMILES string of the molecule is CCCc1ccc(NCC2CNCCN2C)cc1. The first-order chi connectivity index (χ1) is 8.79. The molecular weight excluding hydrogens is 222 g/mol. The molecule has 1 aromatic carbocycles. The summed E-state index contributed by atoms with van der Waals surface area (Å²) in [6.45, 7) is 6.56. The predicted molar refractivity (Wildman–Crippen MR) is 78.2 cm³/mol. The van der Waals surface area contributed by atoms with Crippen molar-refractivity contribution >= 4 is 5.69 Å². The number of hydrogen-bond acceptors (Lipinski definition) is 3. The highest BCUT2D eigenvalue weighted by atomic mass is 15.2. The van der Waals surface area contributed by atoms with Crippen molar-refractivity contribution in [2.45, 2.75) is 25.8 Å². The summed E-state index contributed by atoms with van der Waals surface area (Å²) in [5.74, 6) is 0. The van der Waals surface area contributed by atoms with Gasteiger partial charge in [0.15, 0.2) is 0 Å². The van der Waals surface area contributed by atoms with E-state index in [-0.39, 0.29) is 0 Å². The van der Waals surface area contributed by atoms with Gasteiger partial charge >= 0.3 is 0 Å². The van der Waals surface area contributed by atoms with Crippen LogP contribution in [0.2, 0.25) is 0 Å². The van der Waals surface area contributed by atoms with Crippen molar-refractivity contribution in [3.8, 4) is 0 Å². The van der Waals surface area contributed by atoms with Gasteiger partial charge in [0.1, 0.15) is 0 Å². The molecule has 1 aromatic rings. The molecule has 100 valence electrons. The quantitative estimate of drug-likeness (QED) is 0.833. The minimum atomic E-state index is 0.592. The summed E-state index contributed by atoms with van der Waals surface area (Å²) in [6.07, 6.45) is 2.39. The second-order valence-corrected chi connectivity index (χ2v) is 5.17. The molecule has 1 unspecified atom stereocenters. The molecule has 2 N–H and O–H groups in total. The Morgan fingerprint density at radius 1 is 1.33 bits per heavy atom. The van der Waals surface area contributed by atoms with Gasteiger partial charge in [-0.2, -0.15) is 0 Å². The molecule has 3 nitrogen and oxygen atoms in total. The van der Waals surface area contributed by atoms with Gasteiger partial charge in [-0.1, -0.05) is 25.5 Å². The molecule has 1 saturated heterocycles. The Hall–Kier alpha value is -1.06. The molecular formula is C15H25N3. The van der Waals surface area contributed by atoms with Gasteiger partial charge in [0, 0.05) is 37.9 Å². The lowest BCUT2D eigenvalue weighted by atomic mass is 10.1. The van der Waals surface area contributed by atoms with Crippen molar-refractivity contribution in [1.29, 1.82) is 0 Å². The first kappa shape index (κ1) is 13.4. The third kappa shape index (κ3) is 3.72. The smallest absolute Gasteiger partial charge is 0.0390 e. The Morgan fingerprint density at radius 2 is 2.11 bits per heavy atom. The minimum Gasteiger partial charge on any atom is -0.383 e. The van der Waals surface area contributed by atoms with Gasteiger partial charge in [0.05, 0.1) is 0 Å². The van der Waals surface area contributed by atoms with E-state index in [0.717, 1.165) is 26.2 Å². The van der Waals surface area contributed by atoms with Crippen molar-refractivity contribution in [3.63, 3.8) is 0 Å². The Morgan fingerprint density at radius 3 is 2.78 bits per heavy atom. The summed E-state index contributed by atoms with van der Waals surface area (Å²) in [5, 5.41) is 6.98. The van der Waals surface area contributed by atoms with Crippen LogP contribution in [0.3, 0.4) is 0 Å². The molecule has 1 aliphatic heterocycles. The van der Waals surface area contributed by atoms with Crippen molar-refractivity contribution in [3.05, 3.63) is 29.8 Å². The third-order valence-corrected chi connectivity index (χ3v) is 3.68. The molecule has 0 aliphatic carbocycles. The molecule has 0 saturated carbocycles. The maximum Gasteiger partial charge on any atom is 0.0390 e. The van der Waals surface area contributed by atoms with Gasteiger partial charge in [-0.15, -0.1) is 0 Å². The maximum atomic E-state index is 3.53. The molecule has 0 amide bonds. The van der Waals surface area contributed by atoms with Gasteiger partial charge in [-0.05, 0) is 31.2 Å². The van der Waals surface area contributed by atoms with Crippen molar-refractivity contribution in [1.82, 2.24) is 10.2 Å². The first-order valence-corrected chi connectivity index (χ1v) is 7.03. The summed E-state index contributed by atoms with van der Waals surface area (Å²) in [6, 6.07) is 9.44. The van der Waals surface area contributed by atoms with Crippen LogP contribution >= 0.6 is 0 Å². The van der Waals surface area contributed by atoms with Crippen LogP contribution in [0.4, 0.5) is 5.69 Å². The Kier molecular flexibility index (Phi) is 5.02. The molecule has 1 heterocycles. The van der Waals surface area contributed by atoms with E-state index in [0.29, 0.717) is 6.04 Å². The van der Waals surface area contributed by atoms with Crippen molar-refractivity contribution in [2.75, 3.05) is 38.5 Å². The molecule has 2 rings (SSSR count). The summed E-state index contributed by atoms with van der Waals surface area (Å²) in [4.78, 5) is 2.43. The zero-order valence-corrected chi connectivity index (χ0v) is 11.6. The average Bonchev–Trinajstić information content (AvgIpc) is 2.40. The van der Waals surface area contributed by atoms with E-state index < -0.39 is 0 Å². The number of nitrogens with one attached hydrogen (secondary N) is 2. The van der Waals surface area contributed by atoms with Crippen LogP contribution in [0.1, 0.15) is 18.9 Å². The fourth-order valence-corrected chi connectivity index (χ4v) is 2.40. The summed E-state index contributed by atoms with van der Waals surface area (Å²) >= 11 is 0. The van der Waals surface area contributed by atoms with Gasteiger partial charge < -0.3 is 10.6 Å². The molecule has 1 aliphatic rings. The van der Waals surface area contributed by atoms with Crippen LogP contribution in [0, 0.1) is 0 Å². The number of piperazine rings is 1. The molecule has 3 heteroatoms. The van der Waals surface area contributed by atoms with Crippen LogP contribution in [-0.4, -0.2) is 44.2 Å². The maximum absolute atomic E-state index is 3.53. The van der Waals surface area contributed by atoms with Crippen LogP contribution in [0.15, 0.2) is 24.3 Å². The molecule has 0 radical (unpaired) electrons. The van der Waals surface area contributed by atoms with Gasteiger partial charge in [0.2, 0.25) is 0 Å². The van der Waals surface area contributed by atoms with E-state index in [4.69, 9.17) is 0 Å². The third-order valence-electron chi connectivity index (χ3n) is 3.68. The standard InChI is InChI=1S/C15H25N3/c1-3-4-13-5-7-14(8-6-13)17-12-15-11-16-9-10-18(15)2/h5-8,15-17H,3-4,9-12H2,1-2H3. The Balaban J connectivity index is 1.82. The fraction of sp³-hybridized carbons (Fsp3) is 0.600. The van der Waals surface area contributed by atoms with E-state index in [9.17, 15) is 0 Å². The normalized spacial score (nSPS) is 20.9. The molecule has 1 fully saturated rings. The number of anilines is 1. The monoisotopic (exact) mass is 247 g/mol. The zero-order chi connectivity index (χ0) is 12.8. The summed E-state index contributed by atoms with van der Waals surface area (Å²) < 4.78 is 0. The number of nitrogens with zero attached hydrogens (tertiary/aromatic N) is 1. The van der Waals surface area contributed by atoms with Crippen LogP contribution in [0.5, 0.6) is 0 Å². The van der Waals surface area contributed by atoms with Crippen molar-refractivity contribution < 1.29 is 0 Å². The topological polar surface area (TPSA) is 27.3 Å². The van der Waals surface area contributed by atoms with E-state index in [1.165, 1.54) is 24.1 Å². The molecule has 0 aromatic heterocycles. The average molecular weight is 247 g/mol. The van der Waals surface area contributed by atoms with E-state index in [2.05, 4.69) is 53.8 Å². The largest absolute Gasteiger partial charge is 0.383 e. The van der Waals surface area contributed by atoms with Gasteiger partial charge in [-0.3, -0.25) is 4.90 Å². The lowest BCUT2D eigenvalue weighted by Crippen LogP contribution is -2.52. The summed E-state index contributed by atoms with van der Waals surface area (Å²) in [5.41, 5.74) is 2.66. The number of likely N-dealkylation sites (N-methyl/N-ethyl adjacent to an activating group) is 1. The number of aryl methyl sites for hydroxylation is 1. The van der Waals surface area contributed by atoms with Gasteiger partial charge in [0.25, 0.3) is 0 Å². The molecule has 1 atom stereocenters. The second kappa shape index (κ2) is 6.76. The minimum absolute atomic E-state index is 0.592. The van der Waals surface area contributed by atoms with E-state index in [1.54, 1.807) is 0 Å². The Labute approximate surface area is 111 Å². The Bertz CT molecular complexity index is 347. The van der Waals surface area contributed by atoms with Crippen LogP contribution < -0.4 is 10.6 Å². The fourth-order valence-electron chi connectivity index (χ4n) is 2.40. The van der Waals surface area contributed by atoms with Gasteiger partial charge in [-0.25, -0.2) is 0 Å².